The molecule has 20 heavy (non-hydrogen) atoms. The summed E-state index contributed by atoms with van der Waals surface area (Å²) < 4.78 is 38.0. The summed E-state index contributed by atoms with van der Waals surface area (Å²) in [7, 11) is -3.51. The van der Waals surface area contributed by atoms with Crippen molar-refractivity contribution in [2.24, 2.45) is 0 Å². The van der Waals surface area contributed by atoms with Crippen molar-refractivity contribution in [2.75, 3.05) is 16.3 Å². The van der Waals surface area contributed by atoms with Crippen molar-refractivity contribution in [3.05, 3.63) is 40.6 Å². The minimum absolute atomic E-state index is 0.000884. The molecule has 1 heterocycles. The summed E-state index contributed by atoms with van der Waals surface area (Å²) in [5.41, 5.74) is 2.28. The predicted octanol–water partition coefficient (Wildman–Crippen LogP) is 2.83. The number of sulfonamides is 1. The number of benzene rings is 1. The fraction of sp³-hybridized carbons (Fsp3) is 0.250. The lowest BCUT2D eigenvalue weighted by Gasteiger charge is -2.15. The fourth-order valence-corrected chi connectivity index (χ4v) is 2.84. The molecule has 1 aromatic heterocycles. The van der Waals surface area contributed by atoms with Crippen LogP contribution in [0.4, 0.5) is 15.8 Å². The van der Waals surface area contributed by atoms with E-state index in [-0.39, 0.29) is 11.7 Å². The van der Waals surface area contributed by atoms with Gasteiger partial charge >= 0.3 is 0 Å². The van der Waals surface area contributed by atoms with Gasteiger partial charge < -0.3 is 5.32 Å². The number of thiazole rings is 1. The highest BCUT2D eigenvalue weighted by Gasteiger charge is 2.11. The third kappa shape index (κ3) is 3.91. The second-order valence-electron chi connectivity index (χ2n) is 4.34. The number of hydrogen-bond acceptors (Lipinski definition) is 5. The average Bonchev–Trinajstić information content (AvgIpc) is 2.85. The van der Waals surface area contributed by atoms with Crippen molar-refractivity contribution in [3.8, 4) is 0 Å². The minimum atomic E-state index is -3.51. The molecule has 2 aromatic rings. The first kappa shape index (κ1) is 14.7. The number of aromatic nitrogens is 1. The second kappa shape index (κ2) is 5.76. The first-order valence-electron chi connectivity index (χ1n) is 5.77. The van der Waals surface area contributed by atoms with Gasteiger partial charge in [0.25, 0.3) is 0 Å². The van der Waals surface area contributed by atoms with Gasteiger partial charge in [0, 0.05) is 16.8 Å². The number of nitrogens with one attached hydrogen (secondary N) is 2. The summed E-state index contributed by atoms with van der Waals surface area (Å²) in [5.74, 6) is -0.619. The molecular formula is C12H14FN3O2S2. The van der Waals surface area contributed by atoms with E-state index in [1.54, 1.807) is 17.8 Å². The van der Waals surface area contributed by atoms with Gasteiger partial charge in [0.2, 0.25) is 10.0 Å². The highest BCUT2D eigenvalue weighted by atomic mass is 32.2. The van der Waals surface area contributed by atoms with Gasteiger partial charge in [-0.3, -0.25) is 9.71 Å². The largest absolute Gasteiger partial charge is 0.378 e. The molecule has 2 rings (SSSR count). The van der Waals surface area contributed by atoms with Gasteiger partial charge in [-0.1, -0.05) is 0 Å². The Morgan fingerprint density at radius 2 is 2.15 bits per heavy atom. The van der Waals surface area contributed by atoms with Crippen LogP contribution in [0.3, 0.4) is 0 Å². The monoisotopic (exact) mass is 315 g/mol. The topological polar surface area (TPSA) is 71.1 Å². The molecule has 1 aromatic carbocycles. The van der Waals surface area contributed by atoms with Crippen LogP contribution in [0.25, 0.3) is 0 Å². The summed E-state index contributed by atoms with van der Waals surface area (Å²) in [6.45, 7) is 1.94. The molecule has 2 N–H and O–H groups in total. The summed E-state index contributed by atoms with van der Waals surface area (Å²) in [5, 5.41) is 3.17. The zero-order valence-electron chi connectivity index (χ0n) is 10.9. The third-order valence-electron chi connectivity index (χ3n) is 2.52. The number of hydrogen-bond donors (Lipinski definition) is 2. The lowest BCUT2D eigenvalue weighted by molar-refractivity contribution is 0.604. The van der Waals surface area contributed by atoms with Crippen LogP contribution in [0.2, 0.25) is 0 Å². The molecule has 108 valence electrons. The lowest BCUT2D eigenvalue weighted by atomic mass is 10.2. The van der Waals surface area contributed by atoms with Gasteiger partial charge in [-0.2, -0.15) is 0 Å². The molecule has 0 fully saturated rings. The van der Waals surface area contributed by atoms with Crippen LogP contribution in [0.1, 0.15) is 17.8 Å². The molecule has 0 aliphatic rings. The SMILES string of the molecule is CC(Nc1ccc(F)c(NS(C)(=O)=O)c1)c1cncs1. The average molecular weight is 315 g/mol. The van der Waals surface area contributed by atoms with Crippen LogP contribution < -0.4 is 10.0 Å². The van der Waals surface area contributed by atoms with E-state index < -0.39 is 15.8 Å². The molecule has 0 saturated heterocycles. The number of anilines is 2. The zero-order valence-corrected chi connectivity index (χ0v) is 12.6. The minimum Gasteiger partial charge on any atom is -0.378 e. The summed E-state index contributed by atoms with van der Waals surface area (Å²) in [6.07, 6.45) is 2.73. The molecular weight excluding hydrogens is 301 g/mol. The van der Waals surface area contributed by atoms with Crippen LogP contribution in [0.5, 0.6) is 0 Å². The maximum absolute atomic E-state index is 13.5. The maximum atomic E-state index is 13.5. The molecule has 0 radical (unpaired) electrons. The zero-order chi connectivity index (χ0) is 14.8. The predicted molar refractivity (Wildman–Crippen MR) is 79.0 cm³/mol. The van der Waals surface area contributed by atoms with Gasteiger partial charge in [0.05, 0.1) is 23.5 Å². The lowest BCUT2D eigenvalue weighted by Crippen LogP contribution is -2.12. The Hall–Kier alpha value is -1.67. The van der Waals surface area contributed by atoms with Crippen LogP contribution in [0, 0.1) is 5.82 Å². The van der Waals surface area contributed by atoms with Gasteiger partial charge in [-0.15, -0.1) is 11.3 Å². The van der Waals surface area contributed by atoms with Crippen molar-refractivity contribution < 1.29 is 12.8 Å². The summed E-state index contributed by atoms with van der Waals surface area (Å²) in [4.78, 5) is 5.03. The smallest absolute Gasteiger partial charge is 0.229 e. The van der Waals surface area contributed by atoms with E-state index in [2.05, 4.69) is 15.0 Å². The van der Waals surface area contributed by atoms with E-state index in [0.717, 1.165) is 11.1 Å². The number of nitrogens with zero attached hydrogens (tertiary/aromatic N) is 1. The molecule has 0 aliphatic heterocycles. The van der Waals surface area contributed by atoms with E-state index in [0.29, 0.717) is 5.69 Å². The Bertz CT molecular complexity index is 687. The maximum Gasteiger partial charge on any atom is 0.229 e. The van der Waals surface area contributed by atoms with Crippen molar-refractivity contribution in [1.82, 2.24) is 4.98 Å². The first-order chi connectivity index (χ1) is 9.35. The molecule has 1 unspecified atom stereocenters. The van der Waals surface area contributed by atoms with Gasteiger partial charge in [-0.25, -0.2) is 12.8 Å². The highest BCUT2D eigenvalue weighted by Crippen LogP contribution is 2.25. The molecule has 0 saturated carbocycles. The van der Waals surface area contributed by atoms with Crippen molar-refractivity contribution >= 4 is 32.7 Å². The van der Waals surface area contributed by atoms with Gasteiger partial charge in [0.1, 0.15) is 5.82 Å². The molecule has 1 atom stereocenters. The van der Waals surface area contributed by atoms with E-state index >= 15 is 0 Å². The molecule has 0 amide bonds. The molecule has 8 heteroatoms. The van der Waals surface area contributed by atoms with E-state index in [1.165, 1.54) is 23.5 Å². The van der Waals surface area contributed by atoms with E-state index in [1.807, 2.05) is 6.92 Å². The summed E-state index contributed by atoms with van der Waals surface area (Å²) in [6, 6.07) is 4.20. The van der Waals surface area contributed by atoms with E-state index in [9.17, 15) is 12.8 Å². The Morgan fingerprint density at radius 3 is 2.75 bits per heavy atom. The van der Waals surface area contributed by atoms with Crippen molar-refractivity contribution in [2.45, 2.75) is 13.0 Å². The molecule has 0 spiro atoms. The van der Waals surface area contributed by atoms with Crippen LogP contribution in [-0.4, -0.2) is 19.7 Å². The third-order valence-corrected chi connectivity index (χ3v) is 4.07. The molecule has 5 nitrogen and oxygen atoms in total. The Labute approximate surface area is 120 Å². The van der Waals surface area contributed by atoms with Gasteiger partial charge in [-0.05, 0) is 25.1 Å². The normalized spacial score (nSPS) is 12.9. The van der Waals surface area contributed by atoms with Crippen LogP contribution in [0.15, 0.2) is 29.9 Å². The Morgan fingerprint density at radius 1 is 1.40 bits per heavy atom. The van der Waals surface area contributed by atoms with Crippen LogP contribution >= 0.6 is 11.3 Å². The van der Waals surface area contributed by atoms with Crippen molar-refractivity contribution in [1.29, 1.82) is 0 Å². The van der Waals surface area contributed by atoms with E-state index in [4.69, 9.17) is 0 Å². The Balaban J connectivity index is 2.19. The molecule has 0 bridgehead atoms. The quantitative estimate of drug-likeness (QED) is 0.890. The van der Waals surface area contributed by atoms with Crippen LogP contribution in [-0.2, 0) is 10.0 Å². The van der Waals surface area contributed by atoms with Crippen molar-refractivity contribution in [3.63, 3.8) is 0 Å². The standard InChI is InChI=1S/C12H14FN3O2S2/c1-8(12-6-14-7-19-12)15-9-3-4-10(13)11(5-9)16-20(2,17)18/h3-8,15-16H,1-2H3. The molecule has 0 aliphatic carbocycles. The Kier molecular flexibility index (Phi) is 4.24. The number of rotatable bonds is 5. The highest BCUT2D eigenvalue weighted by molar-refractivity contribution is 7.92. The summed E-state index contributed by atoms with van der Waals surface area (Å²) >= 11 is 1.51. The fourth-order valence-electron chi connectivity index (χ4n) is 1.65. The first-order valence-corrected chi connectivity index (χ1v) is 8.54. The number of halogens is 1. The second-order valence-corrected chi connectivity index (χ2v) is 7.01. The van der Waals surface area contributed by atoms with Gasteiger partial charge in [0.15, 0.2) is 0 Å².